The Morgan fingerprint density at radius 2 is 2.11 bits per heavy atom. The third-order valence-electron chi connectivity index (χ3n) is 2.21. The molecule has 2 rings (SSSR count). The highest BCUT2D eigenvalue weighted by atomic mass is 35.5. The van der Waals surface area contributed by atoms with Crippen molar-refractivity contribution >= 4 is 21.6 Å². The van der Waals surface area contributed by atoms with Crippen molar-refractivity contribution in [2.24, 2.45) is 0 Å². The van der Waals surface area contributed by atoms with E-state index in [2.05, 4.69) is 9.71 Å². The molecule has 1 heterocycles. The van der Waals surface area contributed by atoms with Gasteiger partial charge in [0.15, 0.2) is 0 Å². The molecule has 5 nitrogen and oxygen atoms in total. The van der Waals surface area contributed by atoms with Crippen LogP contribution in [0.1, 0.15) is 11.7 Å². The van der Waals surface area contributed by atoms with Crippen LogP contribution in [0.2, 0.25) is 5.02 Å². The van der Waals surface area contributed by atoms with Crippen LogP contribution in [0, 0.1) is 6.92 Å². The fraction of sp³-hybridized carbons (Fsp3) is 0.182. The molecular weight excluding hydrogens is 276 g/mol. The number of aromatic nitrogens is 1. The van der Waals surface area contributed by atoms with Gasteiger partial charge in [0.25, 0.3) is 0 Å². The molecule has 2 aromatic rings. The first-order chi connectivity index (χ1) is 8.49. The zero-order valence-electron chi connectivity index (χ0n) is 9.55. The second-order valence-corrected chi connectivity index (χ2v) is 5.76. The van der Waals surface area contributed by atoms with E-state index in [4.69, 9.17) is 16.0 Å². The maximum atomic E-state index is 12.0. The lowest BCUT2D eigenvalue weighted by atomic mass is 10.4. The number of rotatable bonds is 4. The molecule has 0 aliphatic heterocycles. The van der Waals surface area contributed by atoms with E-state index in [1.165, 1.54) is 18.3 Å². The highest BCUT2D eigenvalue weighted by Gasteiger charge is 2.17. The number of oxazole rings is 1. The summed E-state index contributed by atoms with van der Waals surface area (Å²) in [4.78, 5) is 3.95. The SMILES string of the molecule is Cc1cnc(CNS(=O)(=O)c2ccccc2Cl)o1. The number of nitrogens with one attached hydrogen (secondary N) is 1. The van der Waals surface area contributed by atoms with Gasteiger partial charge in [0.1, 0.15) is 10.7 Å². The molecule has 0 unspecified atom stereocenters. The third-order valence-corrected chi connectivity index (χ3v) is 4.11. The average molecular weight is 287 g/mol. The van der Waals surface area contributed by atoms with Crippen molar-refractivity contribution in [3.63, 3.8) is 0 Å². The molecule has 1 N–H and O–H groups in total. The number of benzene rings is 1. The summed E-state index contributed by atoms with van der Waals surface area (Å²) in [6.07, 6.45) is 1.53. The van der Waals surface area contributed by atoms with E-state index in [1.54, 1.807) is 19.1 Å². The van der Waals surface area contributed by atoms with E-state index in [9.17, 15) is 8.42 Å². The number of halogens is 1. The maximum absolute atomic E-state index is 12.0. The van der Waals surface area contributed by atoms with Crippen molar-refractivity contribution in [1.29, 1.82) is 0 Å². The molecule has 7 heteroatoms. The monoisotopic (exact) mass is 286 g/mol. The predicted octanol–water partition coefficient (Wildman–Crippen LogP) is 2.11. The largest absolute Gasteiger partial charge is 0.445 e. The first kappa shape index (κ1) is 13.1. The van der Waals surface area contributed by atoms with Crippen molar-refractivity contribution in [3.8, 4) is 0 Å². The number of hydrogen-bond donors (Lipinski definition) is 1. The molecule has 0 spiro atoms. The van der Waals surface area contributed by atoms with Gasteiger partial charge in [-0.05, 0) is 19.1 Å². The van der Waals surface area contributed by atoms with Crippen LogP contribution >= 0.6 is 11.6 Å². The van der Waals surface area contributed by atoms with E-state index in [0.717, 1.165) is 0 Å². The van der Waals surface area contributed by atoms with Gasteiger partial charge in [0, 0.05) is 0 Å². The molecule has 0 aliphatic rings. The predicted molar refractivity (Wildman–Crippen MR) is 66.7 cm³/mol. The lowest BCUT2D eigenvalue weighted by molar-refractivity contribution is 0.463. The van der Waals surface area contributed by atoms with Crippen molar-refractivity contribution in [2.45, 2.75) is 18.4 Å². The quantitative estimate of drug-likeness (QED) is 0.934. The minimum atomic E-state index is -3.66. The molecule has 0 atom stereocenters. The second-order valence-electron chi connectivity index (χ2n) is 3.62. The minimum absolute atomic E-state index is 0.0125. The van der Waals surface area contributed by atoms with Crippen LogP contribution in [0.25, 0.3) is 0 Å². The average Bonchev–Trinajstić information content (AvgIpc) is 2.73. The van der Waals surface area contributed by atoms with Gasteiger partial charge in [-0.3, -0.25) is 0 Å². The molecule has 0 radical (unpaired) electrons. The Bertz CT molecular complexity index is 652. The Morgan fingerprint density at radius 3 is 2.72 bits per heavy atom. The summed E-state index contributed by atoms with van der Waals surface area (Å²) in [5.74, 6) is 0.935. The first-order valence-corrected chi connectivity index (χ1v) is 7.00. The summed E-state index contributed by atoms with van der Waals surface area (Å²) in [5, 5.41) is 0.175. The van der Waals surface area contributed by atoms with Crippen LogP contribution in [-0.4, -0.2) is 13.4 Å². The van der Waals surface area contributed by atoms with Crippen molar-refractivity contribution in [1.82, 2.24) is 9.71 Å². The summed E-state index contributed by atoms with van der Waals surface area (Å²) in [6.45, 7) is 1.72. The highest BCUT2D eigenvalue weighted by molar-refractivity contribution is 7.89. The molecule has 96 valence electrons. The maximum Gasteiger partial charge on any atom is 0.242 e. The minimum Gasteiger partial charge on any atom is -0.445 e. The van der Waals surface area contributed by atoms with Gasteiger partial charge in [0.05, 0.1) is 17.8 Å². The Balaban J connectivity index is 2.16. The van der Waals surface area contributed by atoms with Crippen molar-refractivity contribution in [2.75, 3.05) is 0 Å². The smallest absolute Gasteiger partial charge is 0.242 e. The number of aryl methyl sites for hydroxylation is 1. The molecule has 0 bridgehead atoms. The summed E-state index contributed by atoms with van der Waals surface area (Å²) >= 11 is 5.84. The zero-order chi connectivity index (χ0) is 13.2. The van der Waals surface area contributed by atoms with E-state index in [1.807, 2.05) is 0 Å². The van der Waals surface area contributed by atoms with Gasteiger partial charge >= 0.3 is 0 Å². The van der Waals surface area contributed by atoms with Gasteiger partial charge in [-0.25, -0.2) is 18.1 Å². The molecule has 0 aliphatic carbocycles. The normalized spacial score (nSPS) is 11.7. The Morgan fingerprint density at radius 1 is 1.39 bits per heavy atom. The van der Waals surface area contributed by atoms with E-state index < -0.39 is 10.0 Å². The Hall–Kier alpha value is -1.37. The number of nitrogens with zero attached hydrogens (tertiary/aromatic N) is 1. The summed E-state index contributed by atoms with van der Waals surface area (Å²) in [7, 11) is -3.66. The van der Waals surface area contributed by atoms with Crippen LogP contribution < -0.4 is 4.72 Å². The third kappa shape index (κ3) is 2.90. The highest BCUT2D eigenvalue weighted by Crippen LogP contribution is 2.20. The fourth-order valence-corrected chi connectivity index (χ4v) is 2.87. The van der Waals surface area contributed by atoms with Crippen LogP contribution in [0.5, 0.6) is 0 Å². The molecule has 0 fully saturated rings. The molecule has 1 aromatic heterocycles. The molecule has 0 amide bonds. The van der Waals surface area contributed by atoms with Gasteiger partial charge < -0.3 is 4.42 Å². The van der Waals surface area contributed by atoms with E-state index in [-0.39, 0.29) is 16.5 Å². The van der Waals surface area contributed by atoms with E-state index >= 15 is 0 Å². The van der Waals surface area contributed by atoms with Gasteiger partial charge in [-0.2, -0.15) is 0 Å². The number of hydrogen-bond acceptors (Lipinski definition) is 4. The van der Waals surface area contributed by atoms with Gasteiger partial charge in [-0.15, -0.1) is 0 Å². The topological polar surface area (TPSA) is 72.2 Å². The summed E-state index contributed by atoms with van der Waals surface area (Å²) < 4.78 is 31.5. The standard InChI is InChI=1S/C11H11ClN2O3S/c1-8-6-13-11(17-8)7-14-18(15,16)10-5-3-2-4-9(10)12/h2-6,14H,7H2,1H3. The molecule has 18 heavy (non-hydrogen) atoms. The fourth-order valence-electron chi connectivity index (χ4n) is 1.38. The molecule has 0 saturated heterocycles. The summed E-state index contributed by atoms with van der Waals surface area (Å²) in [5.41, 5.74) is 0. The van der Waals surface area contributed by atoms with Crippen LogP contribution in [-0.2, 0) is 16.6 Å². The zero-order valence-corrected chi connectivity index (χ0v) is 11.1. The number of sulfonamides is 1. The molecular formula is C11H11ClN2O3S. The van der Waals surface area contributed by atoms with Crippen LogP contribution in [0.15, 0.2) is 39.8 Å². The van der Waals surface area contributed by atoms with E-state index in [0.29, 0.717) is 11.7 Å². The molecule has 1 aromatic carbocycles. The van der Waals surface area contributed by atoms with Gasteiger partial charge in [-0.1, -0.05) is 23.7 Å². The lowest BCUT2D eigenvalue weighted by Gasteiger charge is -2.06. The first-order valence-electron chi connectivity index (χ1n) is 5.14. The van der Waals surface area contributed by atoms with Gasteiger partial charge in [0.2, 0.25) is 15.9 Å². The van der Waals surface area contributed by atoms with Crippen LogP contribution in [0.3, 0.4) is 0 Å². The Kier molecular flexibility index (Phi) is 3.70. The van der Waals surface area contributed by atoms with Crippen molar-refractivity contribution < 1.29 is 12.8 Å². The molecule has 0 saturated carbocycles. The summed E-state index contributed by atoms with van der Waals surface area (Å²) in [6, 6.07) is 6.23. The Labute approximate surface area is 110 Å². The van der Waals surface area contributed by atoms with Crippen LogP contribution in [0.4, 0.5) is 0 Å². The lowest BCUT2D eigenvalue weighted by Crippen LogP contribution is -2.23. The van der Waals surface area contributed by atoms with Crippen molar-refractivity contribution in [3.05, 3.63) is 47.1 Å². The second kappa shape index (κ2) is 5.09.